The standard InChI is InChI=1S/C23H25NO.C7H5FO2/c1-17(21-11-6-9-18-7-2-4-10-22(18)21)24-16-15-20-14-13-19-8-3-5-12-23(19)25-20;8-6-4-2-1-3-5(6)7(9)10/h2-12,17,20,24H,13-16H2,1H3;1-4H,(H,9,10)/t17?,20-;/m0./s1. The lowest BCUT2D eigenvalue weighted by Gasteiger charge is -2.26. The second-order valence-electron chi connectivity index (χ2n) is 8.70. The Bertz CT molecular complexity index is 1280. The molecule has 0 spiro atoms. The molecule has 0 aliphatic carbocycles. The van der Waals surface area contributed by atoms with Crippen molar-refractivity contribution in [1.82, 2.24) is 5.32 Å². The van der Waals surface area contributed by atoms with Crippen LogP contribution in [0, 0.1) is 5.82 Å². The number of para-hydroxylation sites is 1. The highest BCUT2D eigenvalue weighted by Gasteiger charge is 2.19. The van der Waals surface area contributed by atoms with Crippen LogP contribution in [0.25, 0.3) is 10.8 Å². The van der Waals surface area contributed by atoms with Crippen LogP contribution in [0.2, 0.25) is 0 Å². The summed E-state index contributed by atoms with van der Waals surface area (Å²) in [5.74, 6) is -0.867. The number of fused-ring (bicyclic) bond motifs is 2. The predicted octanol–water partition coefficient (Wildman–Crippen LogP) is 6.80. The summed E-state index contributed by atoms with van der Waals surface area (Å²) in [6.07, 6.45) is 3.60. The summed E-state index contributed by atoms with van der Waals surface area (Å²) < 4.78 is 18.6. The molecular weight excluding hydrogens is 441 g/mol. The smallest absolute Gasteiger partial charge is 0.338 e. The molecule has 0 bridgehead atoms. The quantitative estimate of drug-likeness (QED) is 0.325. The number of aryl methyl sites for hydroxylation is 1. The van der Waals surface area contributed by atoms with Gasteiger partial charge in [0.25, 0.3) is 0 Å². The van der Waals surface area contributed by atoms with Gasteiger partial charge >= 0.3 is 5.97 Å². The molecule has 0 radical (unpaired) electrons. The molecule has 0 fully saturated rings. The summed E-state index contributed by atoms with van der Waals surface area (Å²) in [4.78, 5) is 10.2. The number of rotatable bonds is 6. The monoisotopic (exact) mass is 471 g/mol. The molecule has 1 aliphatic heterocycles. The van der Waals surface area contributed by atoms with Gasteiger partial charge in [-0.25, -0.2) is 9.18 Å². The van der Waals surface area contributed by atoms with Crippen molar-refractivity contribution in [3.05, 3.63) is 114 Å². The first-order chi connectivity index (χ1) is 17.0. The third-order valence-corrected chi connectivity index (χ3v) is 6.31. The van der Waals surface area contributed by atoms with Crippen LogP contribution in [0.1, 0.15) is 47.3 Å². The molecule has 4 aromatic carbocycles. The van der Waals surface area contributed by atoms with E-state index in [0.717, 1.165) is 37.6 Å². The van der Waals surface area contributed by atoms with Crippen LogP contribution >= 0.6 is 0 Å². The van der Waals surface area contributed by atoms with E-state index in [9.17, 15) is 9.18 Å². The second-order valence-corrected chi connectivity index (χ2v) is 8.70. The van der Waals surface area contributed by atoms with Crippen molar-refractivity contribution in [2.24, 2.45) is 0 Å². The van der Waals surface area contributed by atoms with E-state index in [0.29, 0.717) is 12.1 Å². The minimum absolute atomic E-state index is 0.289. The molecule has 5 heteroatoms. The third-order valence-electron chi connectivity index (χ3n) is 6.31. The second kappa shape index (κ2) is 11.6. The average Bonchev–Trinajstić information content (AvgIpc) is 2.88. The summed E-state index contributed by atoms with van der Waals surface area (Å²) >= 11 is 0. The number of halogens is 1. The molecule has 1 aliphatic rings. The fraction of sp³-hybridized carbons (Fsp3) is 0.233. The van der Waals surface area contributed by atoms with E-state index in [1.165, 1.54) is 40.1 Å². The molecule has 0 aromatic heterocycles. The molecule has 35 heavy (non-hydrogen) atoms. The Labute approximate surface area is 205 Å². The molecule has 5 rings (SSSR count). The Hall–Kier alpha value is -3.70. The Balaban J connectivity index is 0.000000243. The highest BCUT2D eigenvalue weighted by Crippen LogP contribution is 2.28. The van der Waals surface area contributed by atoms with Crippen LogP contribution < -0.4 is 10.1 Å². The largest absolute Gasteiger partial charge is 0.490 e. The highest BCUT2D eigenvalue weighted by molar-refractivity contribution is 5.87. The number of aromatic carboxylic acids is 1. The Morgan fingerprint density at radius 1 is 1.00 bits per heavy atom. The van der Waals surface area contributed by atoms with Crippen LogP contribution in [0.15, 0.2) is 91.0 Å². The van der Waals surface area contributed by atoms with Gasteiger partial charge in [-0.2, -0.15) is 0 Å². The SMILES string of the molecule is CC(NCC[C@@H]1CCc2ccccc2O1)c1cccc2ccccc12.O=C(O)c1ccccc1F. The number of nitrogens with one attached hydrogen (secondary N) is 1. The maximum Gasteiger partial charge on any atom is 0.338 e. The fourth-order valence-corrected chi connectivity index (χ4v) is 4.42. The zero-order valence-electron chi connectivity index (χ0n) is 19.8. The van der Waals surface area contributed by atoms with Gasteiger partial charge in [0.1, 0.15) is 17.7 Å². The molecule has 4 aromatic rings. The van der Waals surface area contributed by atoms with Gasteiger partial charge in [0.05, 0.1) is 5.56 Å². The zero-order valence-corrected chi connectivity index (χ0v) is 19.8. The number of hydrogen-bond donors (Lipinski definition) is 2. The number of hydrogen-bond acceptors (Lipinski definition) is 3. The fourth-order valence-electron chi connectivity index (χ4n) is 4.42. The Kier molecular flexibility index (Phi) is 8.11. The van der Waals surface area contributed by atoms with Crippen molar-refractivity contribution in [2.45, 2.75) is 38.3 Å². The van der Waals surface area contributed by atoms with Crippen LogP contribution in [0.3, 0.4) is 0 Å². The van der Waals surface area contributed by atoms with E-state index in [2.05, 4.69) is 79.0 Å². The van der Waals surface area contributed by atoms with Crippen LogP contribution in [0.4, 0.5) is 4.39 Å². The number of benzene rings is 4. The Morgan fingerprint density at radius 2 is 1.71 bits per heavy atom. The number of ether oxygens (including phenoxy) is 1. The van der Waals surface area contributed by atoms with E-state index in [1.807, 2.05) is 0 Å². The molecule has 0 saturated heterocycles. The topological polar surface area (TPSA) is 58.6 Å². The molecule has 2 atom stereocenters. The molecule has 1 heterocycles. The van der Waals surface area contributed by atoms with E-state index in [4.69, 9.17) is 9.84 Å². The number of carboxylic acids is 1. The highest BCUT2D eigenvalue weighted by atomic mass is 19.1. The van der Waals surface area contributed by atoms with Crippen molar-refractivity contribution in [3.63, 3.8) is 0 Å². The van der Waals surface area contributed by atoms with Crippen molar-refractivity contribution in [3.8, 4) is 5.75 Å². The molecule has 2 N–H and O–H groups in total. The summed E-state index contributed by atoms with van der Waals surface area (Å²) in [5, 5.41) is 14.7. The van der Waals surface area contributed by atoms with Gasteiger partial charge in [-0.15, -0.1) is 0 Å². The van der Waals surface area contributed by atoms with E-state index < -0.39 is 11.8 Å². The van der Waals surface area contributed by atoms with Gasteiger partial charge < -0.3 is 15.2 Å². The first-order valence-electron chi connectivity index (χ1n) is 12.0. The predicted molar refractivity (Wildman–Crippen MR) is 138 cm³/mol. The first-order valence-corrected chi connectivity index (χ1v) is 12.0. The molecule has 4 nitrogen and oxygen atoms in total. The number of carbonyl (C=O) groups is 1. The van der Waals surface area contributed by atoms with Crippen molar-refractivity contribution >= 4 is 16.7 Å². The third kappa shape index (κ3) is 6.25. The summed E-state index contributed by atoms with van der Waals surface area (Å²) in [5.41, 5.74) is 2.42. The average molecular weight is 472 g/mol. The van der Waals surface area contributed by atoms with Gasteiger partial charge in [0.15, 0.2) is 0 Å². The normalized spacial score (nSPS) is 15.3. The van der Waals surface area contributed by atoms with E-state index in [-0.39, 0.29) is 5.56 Å². The minimum Gasteiger partial charge on any atom is -0.490 e. The zero-order chi connectivity index (χ0) is 24.6. The lowest BCUT2D eigenvalue weighted by atomic mass is 9.99. The summed E-state index contributed by atoms with van der Waals surface area (Å²) in [6, 6.07) is 29.2. The first kappa shape index (κ1) is 24.4. The summed E-state index contributed by atoms with van der Waals surface area (Å²) in [6.45, 7) is 3.22. The molecular formula is C30H30FNO3. The Morgan fingerprint density at radius 3 is 2.51 bits per heavy atom. The van der Waals surface area contributed by atoms with E-state index >= 15 is 0 Å². The molecule has 0 amide bonds. The molecule has 180 valence electrons. The van der Waals surface area contributed by atoms with Gasteiger partial charge in [0, 0.05) is 6.04 Å². The summed E-state index contributed by atoms with van der Waals surface area (Å²) in [7, 11) is 0. The lowest BCUT2D eigenvalue weighted by Crippen LogP contribution is -2.29. The van der Waals surface area contributed by atoms with Gasteiger partial charge in [0.2, 0.25) is 0 Å². The van der Waals surface area contributed by atoms with Crippen LogP contribution in [0.5, 0.6) is 5.75 Å². The van der Waals surface area contributed by atoms with Crippen molar-refractivity contribution in [1.29, 1.82) is 0 Å². The van der Waals surface area contributed by atoms with Gasteiger partial charge in [-0.3, -0.25) is 0 Å². The van der Waals surface area contributed by atoms with Crippen molar-refractivity contribution < 1.29 is 19.0 Å². The van der Waals surface area contributed by atoms with Gasteiger partial charge in [-0.05, 0) is 72.8 Å². The maximum atomic E-state index is 12.5. The molecule has 0 saturated carbocycles. The maximum absolute atomic E-state index is 12.5. The lowest BCUT2D eigenvalue weighted by molar-refractivity contribution is 0.0692. The number of carboxylic acid groups (broad SMARTS) is 1. The van der Waals surface area contributed by atoms with Gasteiger partial charge in [-0.1, -0.05) is 72.8 Å². The van der Waals surface area contributed by atoms with E-state index in [1.54, 1.807) is 0 Å². The van der Waals surface area contributed by atoms with Crippen molar-refractivity contribution in [2.75, 3.05) is 6.54 Å². The van der Waals surface area contributed by atoms with Crippen LogP contribution in [-0.2, 0) is 6.42 Å². The molecule has 1 unspecified atom stereocenters. The minimum atomic E-state index is -1.24. The van der Waals surface area contributed by atoms with Crippen LogP contribution in [-0.4, -0.2) is 23.7 Å².